The molecule has 1 aromatic carbocycles. The highest BCUT2D eigenvalue weighted by atomic mass is 32.2. The van der Waals surface area contributed by atoms with Gasteiger partial charge in [0.2, 0.25) is 65.0 Å². The molecule has 11 amide bonds. The Bertz CT molecular complexity index is 2540. The first-order valence-electron chi connectivity index (χ1n) is 31.6. The van der Waals surface area contributed by atoms with Gasteiger partial charge in [-0.15, -0.1) is 0 Å². The van der Waals surface area contributed by atoms with E-state index >= 15 is 0 Å². The number of aliphatic hydroxyl groups excluding tert-OH is 1. The van der Waals surface area contributed by atoms with E-state index in [0.717, 1.165) is 12.8 Å². The van der Waals surface area contributed by atoms with Gasteiger partial charge in [0.1, 0.15) is 72.6 Å². The standard InChI is InChI=1S/C60H105N17O14S/c1-33(2)13-11-12-16-47(79)68-39(17-24-61)54(84)77-49(36(6)91-60(90)38(66)23-30-92-7)59(89)73-42(20-27-64)51(81)72-44-22-29-67-58(88)48(35(5)78)76-55(85)43(21-28-65)70-50(80)40(18-25-62)71-56(86)45(31-34(3)4)74-57(87)46(32-37-14-9-8-10-15-37)75-52(82)41(19-26-63)69-53(44)83/h8-10,14-15,33-36,38-46,48-49,78H,11-13,16-32,61-66H2,1-7H3,(H,67,88)(H,68,79)(H,69,83)(H,70,80)(H,71,86)(H,72,81)(H,73,89)(H,74,87)(H,75,82)(H,76,85)(H,77,84)/t35-,36-,38+,39+,40+,41+,42+,43+,44+,45+,46-,48+,49+/m1/s1. The summed E-state index contributed by atoms with van der Waals surface area (Å²) in [6, 6.07) is -7.76. The smallest absolute Gasteiger partial charge is 0.323 e. The van der Waals surface area contributed by atoms with Crippen LogP contribution in [0.1, 0.15) is 124 Å². The molecule has 1 fully saturated rings. The molecule has 32 heteroatoms. The van der Waals surface area contributed by atoms with E-state index in [1.54, 1.807) is 44.2 Å². The van der Waals surface area contributed by atoms with E-state index in [1.807, 2.05) is 6.26 Å². The van der Waals surface area contributed by atoms with Crippen LogP contribution in [0.4, 0.5) is 0 Å². The first-order chi connectivity index (χ1) is 43.6. The number of carbonyl (C=O) groups is 12. The fourth-order valence-electron chi connectivity index (χ4n) is 9.67. The van der Waals surface area contributed by atoms with Gasteiger partial charge in [-0.3, -0.25) is 57.5 Å². The molecule has 31 nitrogen and oxygen atoms in total. The highest BCUT2D eigenvalue weighted by molar-refractivity contribution is 7.98. The maximum absolute atomic E-state index is 14.7. The molecule has 0 aromatic heterocycles. The molecule has 0 radical (unpaired) electrons. The summed E-state index contributed by atoms with van der Waals surface area (Å²) in [5, 5.41) is 39.2. The lowest BCUT2D eigenvalue weighted by atomic mass is 10.00. The Kier molecular flexibility index (Phi) is 38.5. The van der Waals surface area contributed by atoms with Crippen molar-refractivity contribution in [2.45, 2.75) is 204 Å². The number of benzene rings is 1. The third-order valence-electron chi connectivity index (χ3n) is 14.9. The maximum atomic E-state index is 14.7. The Morgan fingerprint density at radius 2 is 1.10 bits per heavy atom. The van der Waals surface area contributed by atoms with Gasteiger partial charge in [0.15, 0.2) is 0 Å². The van der Waals surface area contributed by atoms with E-state index < -0.39 is 163 Å². The zero-order valence-corrected chi connectivity index (χ0v) is 55.1. The van der Waals surface area contributed by atoms with Crippen LogP contribution in [0.3, 0.4) is 0 Å². The van der Waals surface area contributed by atoms with Gasteiger partial charge in [0.05, 0.1) is 6.10 Å². The number of rotatable bonds is 33. The third-order valence-corrected chi connectivity index (χ3v) is 15.5. The maximum Gasteiger partial charge on any atom is 0.323 e. The van der Waals surface area contributed by atoms with Crippen LogP contribution in [0.5, 0.6) is 0 Å². The van der Waals surface area contributed by atoms with Crippen molar-refractivity contribution in [2.75, 3.05) is 51.3 Å². The number of ether oxygens (including phenoxy) is 1. The number of aliphatic hydroxyl groups is 1. The highest BCUT2D eigenvalue weighted by Gasteiger charge is 2.39. The first-order valence-corrected chi connectivity index (χ1v) is 33.0. The summed E-state index contributed by atoms with van der Waals surface area (Å²) in [7, 11) is 0. The van der Waals surface area contributed by atoms with Gasteiger partial charge in [0.25, 0.3) is 0 Å². The number of amides is 11. The van der Waals surface area contributed by atoms with Gasteiger partial charge in [-0.25, -0.2) is 0 Å². The van der Waals surface area contributed by atoms with Crippen LogP contribution in [-0.2, 0) is 68.7 Å². The highest BCUT2D eigenvalue weighted by Crippen LogP contribution is 2.14. The second kappa shape index (κ2) is 43.7. The molecule has 2 rings (SSSR count). The van der Waals surface area contributed by atoms with Crippen molar-refractivity contribution in [3.05, 3.63) is 35.9 Å². The number of nitrogens with one attached hydrogen (secondary N) is 11. The van der Waals surface area contributed by atoms with Crippen LogP contribution < -0.4 is 92.9 Å². The molecule has 1 aliphatic rings. The van der Waals surface area contributed by atoms with E-state index in [2.05, 4.69) is 72.3 Å². The van der Waals surface area contributed by atoms with Gasteiger partial charge in [-0.1, -0.05) is 70.9 Å². The van der Waals surface area contributed by atoms with Gasteiger partial charge in [-0.05, 0) is 134 Å². The lowest BCUT2D eigenvalue weighted by molar-refractivity contribution is -0.154. The number of carbonyl (C=O) groups excluding carboxylic acids is 12. The third kappa shape index (κ3) is 29.7. The van der Waals surface area contributed by atoms with Crippen LogP contribution in [0, 0.1) is 11.8 Å². The summed E-state index contributed by atoms with van der Waals surface area (Å²) >= 11 is 1.42. The van der Waals surface area contributed by atoms with Gasteiger partial charge in [-0.2, -0.15) is 11.8 Å². The van der Waals surface area contributed by atoms with Crippen LogP contribution >= 0.6 is 11.8 Å². The Morgan fingerprint density at radius 1 is 0.587 bits per heavy atom. The van der Waals surface area contributed by atoms with Gasteiger partial charge < -0.3 is 103 Å². The average molecular weight is 1320 g/mol. The Morgan fingerprint density at radius 3 is 1.62 bits per heavy atom. The summed E-state index contributed by atoms with van der Waals surface area (Å²) in [6.45, 7) is 8.84. The molecule has 0 unspecified atom stereocenters. The monoisotopic (exact) mass is 1320 g/mol. The summed E-state index contributed by atoms with van der Waals surface area (Å²) in [5.41, 5.74) is 36.3. The molecular weight excluding hydrogens is 1210 g/mol. The van der Waals surface area contributed by atoms with Crippen LogP contribution in [0.15, 0.2) is 30.3 Å². The van der Waals surface area contributed by atoms with E-state index in [4.69, 9.17) is 39.1 Å². The normalized spacial score (nSPS) is 22.0. The molecular formula is C60H105N17O14S. The lowest BCUT2D eigenvalue weighted by Crippen LogP contribution is -2.62. The van der Waals surface area contributed by atoms with E-state index in [1.165, 1.54) is 25.6 Å². The van der Waals surface area contributed by atoms with E-state index in [9.17, 15) is 62.6 Å². The molecule has 1 aliphatic heterocycles. The van der Waals surface area contributed by atoms with Crippen molar-refractivity contribution in [2.24, 2.45) is 46.2 Å². The minimum Gasteiger partial charge on any atom is -0.459 e. The Labute approximate surface area is 543 Å². The van der Waals surface area contributed by atoms with Gasteiger partial charge in [0, 0.05) is 19.4 Å². The van der Waals surface area contributed by atoms with Crippen molar-refractivity contribution in [3.8, 4) is 0 Å². The van der Waals surface area contributed by atoms with Crippen molar-refractivity contribution in [3.63, 3.8) is 0 Å². The minimum atomic E-state index is -1.77. The van der Waals surface area contributed by atoms with E-state index in [-0.39, 0.29) is 96.4 Å². The Balaban J connectivity index is 2.80. The lowest BCUT2D eigenvalue weighted by Gasteiger charge is -2.30. The Hall–Kier alpha value is -7.07. The predicted molar refractivity (Wildman–Crippen MR) is 346 cm³/mol. The van der Waals surface area contributed by atoms with Crippen LogP contribution in [-0.4, -0.2) is 206 Å². The molecule has 0 saturated carbocycles. The molecule has 1 saturated heterocycles. The molecule has 0 aliphatic carbocycles. The van der Waals surface area contributed by atoms with Crippen molar-refractivity contribution >= 4 is 82.7 Å². The molecule has 0 spiro atoms. The zero-order valence-electron chi connectivity index (χ0n) is 54.3. The fourth-order valence-corrected chi connectivity index (χ4v) is 10.2. The molecule has 1 heterocycles. The summed E-state index contributed by atoms with van der Waals surface area (Å²) in [4.78, 5) is 169. The second-order valence-electron chi connectivity index (χ2n) is 23.7. The zero-order chi connectivity index (χ0) is 69.0. The van der Waals surface area contributed by atoms with Crippen LogP contribution in [0.25, 0.3) is 0 Å². The number of unbranched alkanes of at least 4 members (excludes halogenated alkanes) is 1. The van der Waals surface area contributed by atoms with Crippen molar-refractivity contribution in [1.29, 1.82) is 0 Å². The minimum absolute atomic E-state index is 0.0330. The number of hydrogen-bond acceptors (Lipinski definition) is 21. The number of esters is 1. The second-order valence-corrected chi connectivity index (χ2v) is 24.7. The number of thioether (sulfide) groups is 1. The van der Waals surface area contributed by atoms with Crippen LogP contribution in [0.2, 0.25) is 0 Å². The van der Waals surface area contributed by atoms with E-state index in [0.29, 0.717) is 23.7 Å². The summed E-state index contributed by atoms with van der Waals surface area (Å²) < 4.78 is 5.63. The predicted octanol–water partition coefficient (Wildman–Crippen LogP) is -5.00. The molecule has 1 aromatic rings. The van der Waals surface area contributed by atoms with Crippen molar-refractivity contribution < 1.29 is 67.4 Å². The number of hydrogen-bond donors (Lipinski definition) is 18. The summed E-state index contributed by atoms with van der Waals surface area (Å²) in [5.74, 6) is -10.2. The largest absolute Gasteiger partial charge is 0.459 e. The SMILES string of the molecule is CSCC[C@H](N)C(=O)O[C@H](C)[C@H](NC(=O)[C@H](CCN)NC(=O)CCCCC(C)C)C(=O)N[C@@H](CCN)C(=O)N[C@H]1CCNC(=O)[C@H]([C@@H](C)O)NC(=O)[C@H](CCN)NC(=O)[C@H](CCN)NC(=O)[C@H](CC(C)C)NC(=O)[C@@H](Cc2ccccc2)NC(=O)[C@H](CCN)NC1=O. The molecule has 92 heavy (non-hydrogen) atoms. The topological polar surface area (TPSA) is 523 Å². The fraction of sp³-hybridized carbons (Fsp3) is 0.700. The number of nitrogens with two attached hydrogens (primary N) is 6. The first kappa shape index (κ1) is 81.0. The molecule has 24 N–H and O–H groups in total. The van der Waals surface area contributed by atoms with Crippen molar-refractivity contribution in [1.82, 2.24) is 58.5 Å². The molecule has 520 valence electrons. The van der Waals surface area contributed by atoms with Gasteiger partial charge >= 0.3 is 5.97 Å². The average Bonchev–Trinajstić information content (AvgIpc) is 1.86. The molecule has 0 bridgehead atoms. The summed E-state index contributed by atoms with van der Waals surface area (Å²) in [6.07, 6.45) is -0.340. The quantitative estimate of drug-likeness (QED) is 0.0231. The molecule has 13 atom stereocenters.